The number of hydrogen-bond acceptors (Lipinski definition) is 6. The van der Waals surface area contributed by atoms with E-state index in [-0.39, 0.29) is 27.6 Å². The summed E-state index contributed by atoms with van der Waals surface area (Å²) < 4.78 is 28.8. The van der Waals surface area contributed by atoms with Gasteiger partial charge in [-0.05, 0) is 42.5 Å². The highest BCUT2D eigenvalue weighted by Gasteiger charge is 2.18. The van der Waals surface area contributed by atoms with Crippen molar-refractivity contribution in [3.63, 3.8) is 0 Å². The Morgan fingerprint density at radius 2 is 1.71 bits per heavy atom. The number of carbonyl (C=O) groups excluding carboxylic acids is 2. The number of anilines is 1. The number of nitrogens with zero attached hydrogens (tertiary/aromatic N) is 1. The van der Waals surface area contributed by atoms with Gasteiger partial charge >= 0.3 is 0 Å². The van der Waals surface area contributed by atoms with Crippen molar-refractivity contribution < 1.29 is 18.0 Å². The lowest BCUT2D eigenvalue weighted by Crippen LogP contribution is -2.41. The Hall–Kier alpha value is -3.47. The predicted octanol–water partition coefficient (Wildman–Crippen LogP) is 4.14. The van der Waals surface area contributed by atoms with Crippen LogP contribution in [0.1, 0.15) is 21.8 Å². The number of fused-ring (bicyclic) bond motifs is 1. The van der Waals surface area contributed by atoms with Crippen LogP contribution >= 0.6 is 22.9 Å². The van der Waals surface area contributed by atoms with Crippen molar-refractivity contribution in [1.82, 2.24) is 15.8 Å². The number of para-hydroxylation sites is 2. The van der Waals surface area contributed by atoms with Gasteiger partial charge in [-0.1, -0.05) is 41.9 Å². The van der Waals surface area contributed by atoms with E-state index < -0.39 is 21.8 Å². The van der Waals surface area contributed by atoms with E-state index in [9.17, 15) is 18.0 Å². The molecule has 0 unspecified atom stereocenters. The van der Waals surface area contributed by atoms with Gasteiger partial charge < -0.3 is 0 Å². The Balaban J connectivity index is 1.34. The van der Waals surface area contributed by atoms with Crippen LogP contribution in [0.3, 0.4) is 0 Å². The third-order valence-electron chi connectivity index (χ3n) is 4.74. The summed E-state index contributed by atoms with van der Waals surface area (Å²) in [5.41, 5.74) is 5.82. The fourth-order valence-electron chi connectivity index (χ4n) is 3.06. The van der Waals surface area contributed by atoms with E-state index in [0.717, 1.165) is 15.2 Å². The fraction of sp³-hybridized carbons (Fsp3) is 0.0870. The maximum atomic E-state index is 12.7. The number of rotatable bonds is 7. The molecule has 0 bridgehead atoms. The molecule has 0 radical (unpaired) electrons. The number of halogens is 1. The zero-order valence-electron chi connectivity index (χ0n) is 17.6. The molecule has 4 rings (SSSR count). The Morgan fingerprint density at radius 1 is 0.941 bits per heavy atom. The number of benzene rings is 3. The Labute approximate surface area is 205 Å². The van der Waals surface area contributed by atoms with Crippen molar-refractivity contribution in [2.75, 3.05) is 4.72 Å². The molecule has 0 fully saturated rings. The molecule has 0 saturated heterocycles. The summed E-state index contributed by atoms with van der Waals surface area (Å²) in [7, 11) is -3.98. The SMILES string of the molecule is O=C(CCc1nc2ccccc2s1)NNC(=O)c1cccc(S(=O)(=O)Nc2ccccc2Cl)c1. The molecule has 11 heteroatoms. The topological polar surface area (TPSA) is 117 Å². The first-order valence-electron chi connectivity index (χ1n) is 10.1. The summed E-state index contributed by atoms with van der Waals surface area (Å²) in [5.74, 6) is -1.04. The normalized spacial score (nSPS) is 11.2. The summed E-state index contributed by atoms with van der Waals surface area (Å²) >= 11 is 7.54. The van der Waals surface area contributed by atoms with Crippen LogP contribution in [0, 0.1) is 0 Å². The van der Waals surface area contributed by atoms with Crippen molar-refractivity contribution >= 4 is 60.7 Å². The molecule has 0 aliphatic rings. The van der Waals surface area contributed by atoms with E-state index >= 15 is 0 Å². The summed E-state index contributed by atoms with van der Waals surface area (Å²) in [4.78, 5) is 29.0. The van der Waals surface area contributed by atoms with Gasteiger partial charge in [-0.2, -0.15) is 0 Å². The first-order chi connectivity index (χ1) is 16.3. The third kappa shape index (κ3) is 5.71. The lowest BCUT2D eigenvalue weighted by Gasteiger charge is -2.11. The summed E-state index contributed by atoms with van der Waals surface area (Å²) in [6.07, 6.45) is 0.568. The minimum absolute atomic E-state index is 0.0634. The van der Waals surface area contributed by atoms with E-state index in [1.54, 1.807) is 18.2 Å². The second-order valence-corrected chi connectivity index (χ2v) is 10.4. The van der Waals surface area contributed by atoms with Gasteiger partial charge in [-0.25, -0.2) is 13.4 Å². The van der Waals surface area contributed by atoms with Crippen molar-refractivity contribution in [3.8, 4) is 0 Å². The van der Waals surface area contributed by atoms with E-state index in [1.165, 1.54) is 41.7 Å². The van der Waals surface area contributed by atoms with E-state index in [4.69, 9.17) is 11.6 Å². The van der Waals surface area contributed by atoms with Crippen LogP contribution < -0.4 is 15.6 Å². The number of hydrogen-bond donors (Lipinski definition) is 3. The van der Waals surface area contributed by atoms with Gasteiger partial charge in [0.2, 0.25) is 5.91 Å². The molecular formula is C23H19ClN4O4S2. The molecule has 0 aliphatic heterocycles. The third-order valence-corrected chi connectivity index (χ3v) is 7.53. The monoisotopic (exact) mass is 514 g/mol. The zero-order valence-corrected chi connectivity index (χ0v) is 20.0. The highest BCUT2D eigenvalue weighted by atomic mass is 35.5. The van der Waals surface area contributed by atoms with Crippen molar-refractivity contribution in [2.24, 2.45) is 0 Å². The molecule has 2 amide bonds. The number of hydrazine groups is 1. The standard InChI is InChI=1S/C23H19ClN4O4S2/c24-17-8-1-2-9-18(17)28-34(31,32)16-7-5-6-15(14-16)23(30)27-26-21(29)12-13-22-25-19-10-3-4-11-20(19)33-22/h1-11,14,28H,12-13H2,(H,26,29)(H,27,30). The van der Waals surface area contributed by atoms with Gasteiger partial charge in [0, 0.05) is 18.4 Å². The highest BCUT2D eigenvalue weighted by Crippen LogP contribution is 2.24. The Bertz CT molecular complexity index is 1440. The quantitative estimate of drug-likeness (QED) is 0.320. The minimum atomic E-state index is -3.98. The number of carbonyl (C=O) groups is 2. The van der Waals surface area contributed by atoms with E-state index in [1.807, 2.05) is 24.3 Å². The van der Waals surface area contributed by atoms with Crippen LogP contribution in [-0.2, 0) is 21.2 Å². The van der Waals surface area contributed by atoms with Crippen LogP contribution in [0.15, 0.2) is 77.7 Å². The van der Waals surface area contributed by atoms with Gasteiger partial charge in [0.25, 0.3) is 15.9 Å². The average Bonchev–Trinajstić information content (AvgIpc) is 3.26. The number of sulfonamides is 1. The second kappa shape index (κ2) is 10.2. The number of thiazole rings is 1. The van der Waals surface area contributed by atoms with Crippen LogP contribution in [0.25, 0.3) is 10.2 Å². The number of aromatic nitrogens is 1. The molecule has 0 aliphatic carbocycles. The summed E-state index contributed by atoms with van der Waals surface area (Å²) in [6, 6.07) is 19.6. The first kappa shape index (κ1) is 23.7. The molecule has 0 saturated carbocycles. The number of nitrogens with one attached hydrogen (secondary N) is 3. The minimum Gasteiger partial charge on any atom is -0.278 e. The van der Waals surface area contributed by atoms with Gasteiger partial charge in [-0.15, -0.1) is 11.3 Å². The molecule has 8 nitrogen and oxygen atoms in total. The van der Waals surface area contributed by atoms with Crippen molar-refractivity contribution in [2.45, 2.75) is 17.7 Å². The lowest BCUT2D eigenvalue weighted by atomic mass is 10.2. The fourth-order valence-corrected chi connectivity index (χ4v) is 5.39. The molecule has 4 aromatic rings. The summed E-state index contributed by atoms with van der Waals surface area (Å²) in [6.45, 7) is 0. The highest BCUT2D eigenvalue weighted by molar-refractivity contribution is 7.92. The van der Waals surface area contributed by atoms with Gasteiger partial charge in [0.1, 0.15) is 0 Å². The molecule has 0 spiro atoms. The molecule has 34 heavy (non-hydrogen) atoms. The molecule has 1 heterocycles. The zero-order chi connectivity index (χ0) is 24.1. The average molecular weight is 515 g/mol. The molecule has 3 N–H and O–H groups in total. The van der Waals surface area contributed by atoms with Crippen LogP contribution in [0.4, 0.5) is 5.69 Å². The van der Waals surface area contributed by atoms with E-state index in [2.05, 4.69) is 20.6 Å². The second-order valence-electron chi connectivity index (χ2n) is 7.19. The van der Waals surface area contributed by atoms with Gasteiger partial charge in [0.15, 0.2) is 0 Å². The smallest absolute Gasteiger partial charge is 0.269 e. The van der Waals surface area contributed by atoms with Crippen molar-refractivity contribution in [1.29, 1.82) is 0 Å². The van der Waals surface area contributed by atoms with Crippen LogP contribution in [0.2, 0.25) is 5.02 Å². The summed E-state index contributed by atoms with van der Waals surface area (Å²) in [5, 5.41) is 1.07. The lowest BCUT2D eigenvalue weighted by molar-refractivity contribution is -0.121. The van der Waals surface area contributed by atoms with Gasteiger partial charge in [0.05, 0.1) is 30.8 Å². The molecule has 174 valence electrons. The molecule has 0 atom stereocenters. The van der Waals surface area contributed by atoms with Crippen LogP contribution in [-0.4, -0.2) is 25.2 Å². The Morgan fingerprint density at radius 3 is 2.50 bits per heavy atom. The maximum Gasteiger partial charge on any atom is 0.269 e. The predicted molar refractivity (Wildman–Crippen MR) is 132 cm³/mol. The first-order valence-corrected chi connectivity index (χ1v) is 12.8. The number of aryl methyl sites for hydroxylation is 1. The van der Waals surface area contributed by atoms with Crippen LogP contribution in [0.5, 0.6) is 0 Å². The number of amides is 2. The molecule has 3 aromatic carbocycles. The largest absolute Gasteiger partial charge is 0.278 e. The Kier molecular flexibility index (Phi) is 7.11. The van der Waals surface area contributed by atoms with Crippen molar-refractivity contribution in [3.05, 3.63) is 88.4 Å². The molecule has 1 aromatic heterocycles. The molecular weight excluding hydrogens is 496 g/mol. The maximum absolute atomic E-state index is 12.7. The van der Waals surface area contributed by atoms with Gasteiger partial charge in [-0.3, -0.25) is 25.2 Å². The van der Waals surface area contributed by atoms with E-state index in [0.29, 0.717) is 6.42 Å².